The molecule has 116 valence electrons. The van der Waals surface area contributed by atoms with Crippen LogP contribution < -0.4 is 5.56 Å². The molecule has 0 atom stereocenters. The van der Waals surface area contributed by atoms with Crippen LogP contribution in [0, 0.1) is 6.92 Å². The molecule has 0 saturated carbocycles. The van der Waals surface area contributed by atoms with Gasteiger partial charge in [-0.25, -0.2) is 4.98 Å². The highest BCUT2D eigenvalue weighted by atomic mass is 79.9. The van der Waals surface area contributed by atoms with Gasteiger partial charge in [0.1, 0.15) is 0 Å². The van der Waals surface area contributed by atoms with E-state index in [1.54, 1.807) is 17.0 Å². The first-order valence-electron chi connectivity index (χ1n) is 7.15. The summed E-state index contributed by atoms with van der Waals surface area (Å²) in [7, 11) is 0. The van der Waals surface area contributed by atoms with Gasteiger partial charge in [-0.1, -0.05) is 57.5 Å². The Morgan fingerprint density at radius 3 is 2.48 bits per heavy atom. The van der Waals surface area contributed by atoms with Crippen LogP contribution in [0.1, 0.15) is 11.1 Å². The fraction of sp³-hybridized carbons (Fsp3) is 0.111. The minimum atomic E-state index is -0.0908. The molecule has 0 fully saturated rings. The molecular formula is C18H15BrN2OS. The maximum atomic E-state index is 12.6. The summed E-state index contributed by atoms with van der Waals surface area (Å²) in [6, 6.07) is 16.0. The molecular weight excluding hydrogens is 372 g/mol. The lowest BCUT2D eigenvalue weighted by atomic mass is 10.2. The summed E-state index contributed by atoms with van der Waals surface area (Å²) < 4.78 is 2.61. The van der Waals surface area contributed by atoms with Crippen molar-refractivity contribution in [2.45, 2.75) is 17.7 Å². The standard InChI is InChI=1S/C18H15BrN2OS/c1-13-2-4-14(5-3-13)12-23-17-18(22)21(11-10-20-17)16-8-6-15(19)7-9-16/h2-11H,12H2,1H3. The van der Waals surface area contributed by atoms with Crippen LogP contribution in [0.4, 0.5) is 0 Å². The lowest BCUT2D eigenvalue weighted by Gasteiger charge is -2.07. The molecule has 0 aliphatic carbocycles. The van der Waals surface area contributed by atoms with E-state index in [-0.39, 0.29) is 5.56 Å². The van der Waals surface area contributed by atoms with Crippen molar-refractivity contribution in [3.05, 3.63) is 86.9 Å². The van der Waals surface area contributed by atoms with E-state index in [1.165, 1.54) is 22.9 Å². The largest absolute Gasteiger partial charge is 0.287 e. The molecule has 0 unspecified atom stereocenters. The van der Waals surface area contributed by atoms with Gasteiger partial charge >= 0.3 is 0 Å². The van der Waals surface area contributed by atoms with Crippen molar-refractivity contribution < 1.29 is 0 Å². The van der Waals surface area contributed by atoms with E-state index in [4.69, 9.17) is 0 Å². The summed E-state index contributed by atoms with van der Waals surface area (Å²) in [5.41, 5.74) is 3.15. The van der Waals surface area contributed by atoms with Gasteiger partial charge < -0.3 is 0 Å². The van der Waals surface area contributed by atoms with Crippen LogP contribution in [0.3, 0.4) is 0 Å². The number of aryl methyl sites for hydroxylation is 1. The summed E-state index contributed by atoms with van der Waals surface area (Å²) in [5, 5.41) is 0.510. The topological polar surface area (TPSA) is 34.9 Å². The summed E-state index contributed by atoms with van der Waals surface area (Å²) >= 11 is 4.87. The number of halogens is 1. The number of benzene rings is 2. The molecule has 3 nitrogen and oxygen atoms in total. The van der Waals surface area contributed by atoms with E-state index >= 15 is 0 Å². The average Bonchev–Trinajstić information content (AvgIpc) is 2.56. The van der Waals surface area contributed by atoms with Gasteiger partial charge in [0.2, 0.25) is 0 Å². The van der Waals surface area contributed by atoms with Gasteiger partial charge in [0.15, 0.2) is 5.03 Å². The normalized spacial score (nSPS) is 10.7. The van der Waals surface area contributed by atoms with Gasteiger partial charge in [0.05, 0.1) is 0 Å². The quantitative estimate of drug-likeness (QED) is 0.614. The molecule has 0 N–H and O–H groups in total. The van der Waals surface area contributed by atoms with Crippen molar-refractivity contribution in [2.24, 2.45) is 0 Å². The van der Waals surface area contributed by atoms with Crippen molar-refractivity contribution in [3.8, 4) is 5.69 Å². The third kappa shape index (κ3) is 3.92. The van der Waals surface area contributed by atoms with Gasteiger partial charge in [0.25, 0.3) is 5.56 Å². The van der Waals surface area contributed by atoms with Gasteiger partial charge in [-0.05, 0) is 36.8 Å². The lowest BCUT2D eigenvalue weighted by Crippen LogP contribution is -2.20. The SMILES string of the molecule is Cc1ccc(CSc2nccn(-c3ccc(Br)cc3)c2=O)cc1. The van der Waals surface area contributed by atoms with E-state index < -0.39 is 0 Å². The average molecular weight is 387 g/mol. The summed E-state index contributed by atoms with van der Waals surface area (Å²) in [5.74, 6) is 0.729. The molecule has 2 aromatic carbocycles. The summed E-state index contributed by atoms with van der Waals surface area (Å²) in [4.78, 5) is 16.8. The Morgan fingerprint density at radius 1 is 1.09 bits per heavy atom. The van der Waals surface area contributed by atoms with E-state index in [2.05, 4.69) is 52.1 Å². The molecule has 0 saturated heterocycles. The van der Waals surface area contributed by atoms with Crippen LogP contribution in [0.15, 0.2) is 75.2 Å². The van der Waals surface area contributed by atoms with Crippen LogP contribution in [0.25, 0.3) is 5.69 Å². The highest BCUT2D eigenvalue weighted by molar-refractivity contribution is 9.10. The van der Waals surface area contributed by atoms with Gasteiger partial charge in [-0.2, -0.15) is 0 Å². The van der Waals surface area contributed by atoms with Gasteiger partial charge in [0, 0.05) is 28.3 Å². The minimum Gasteiger partial charge on any atom is -0.280 e. The zero-order chi connectivity index (χ0) is 16.2. The van der Waals surface area contributed by atoms with Crippen LogP contribution in [0.2, 0.25) is 0 Å². The second-order valence-corrected chi connectivity index (χ2v) is 7.04. The van der Waals surface area contributed by atoms with Crippen molar-refractivity contribution in [3.63, 3.8) is 0 Å². The first-order valence-corrected chi connectivity index (χ1v) is 8.93. The zero-order valence-electron chi connectivity index (χ0n) is 12.6. The van der Waals surface area contributed by atoms with Crippen molar-refractivity contribution in [2.75, 3.05) is 0 Å². The Bertz CT molecular complexity index is 857. The van der Waals surface area contributed by atoms with E-state index in [0.29, 0.717) is 5.03 Å². The van der Waals surface area contributed by atoms with Crippen LogP contribution in [-0.2, 0) is 5.75 Å². The van der Waals surface area contributed by atoms with Crippen LogP contribution >= 0.6 is 27.7 Å². The van der Waals surface area contributed by atoms with E-state index in [9.17, 15) is 4.79 Å². The number of hydrogen-bond donors (Lipinski definition) is 0. The molecule has 0 spiro atoms. The zero-order valence-corrected chi connectivity index (χ0v) is 15.0. The smallest absolute Gasteiger partial charge is 0.280 e. The summed E-state index contributed by atoms with van der Waals surface area (Å²) in [6.07, 6.45) is 3.36. The second-order valence-electron chi connectivity index (χ2n) is 5.16. The Hall–Kier alpha value is -1.85. The van der Waals surface area contributed by atoms with E-state index in [1.807, 2.05) is 24.3 Å². The molecule has 23 heavy (non-hydrogen) atoms. The molecule has 0 aliphatic heterocycles. The Kier molecular flexibility index (Phi) is 4.98. The maximum Gasteiger partial charge on any atom is 0.287 e. The van der Waals surface area contributed by atoms with Crippen molar-refractivity contribution in [1.29, 1.82) is 0 Å². The monoisotopic (exact) mass is 386 g/mol. The molecule has 0 amide bonds. The third-order valence-electron chi connectivity index (χ3n) is 3.41. The number of hydrogen-bond acceptors (Lipinski definition) is 3. The fourth-order valence-electron chi connectivity index (χ4n) is 2.13. The number of aromatic nitrogens is 2. The highest BCUT2D eigenvalue weighted by Gasteiger charge is 2.07. The fourth-order valence-corrected chi connectivity index (χ4v) is 3.25. The third-order valence-corrected chi connectivity index (χ3v) is 4.97. The number of rotatable bonds is 4. The first kappa shape index (κ1) is 16.0. The van der Waals surface area contributed by atoms with Crippen LogP contribution in [-0.4, -0.2) is 9.55 Å². The van der Waals surface area contributed by atoms with Crippen LogP contribution in [0.5, 0.6) is 0 Å². The summed E-state index contributed by atoms with van der Waals surface area (Å²) in [6.45, 7) is 2.06. The molecule has 1 heterocycles. The highest BCUT2D eigenvalue weighted by Crippen LogP contribution is 2.19. The van der Waals surface area contributed by atoms with Gasteiger partial charge in [-0.3, -0.25) is 9.36 Å². The Balaban J connectivity index is 1.83. The lowest BCUT2D eigenvalue weighted by molar-refractivity contribution is 0.882. The first-order chi connectivity index (χ1) is 11.1. The number of thioether (sulfide) groups is 1. The number of nitrogens with zero attached hydrogens (tertiary/aromatic N) is 2. The maximum absolute atomic E-state index is 12.6. The predicted molar refractivity (Wildman–Crippen MR) is 98.3 cm³/mol. The molecule has 3 rings (SSSR count). The molecule has 1 aromatic heterocycles. The molecule has 0 bridgehead atoms. The minimum absolute atomic E-state index is 0.0908. The predicted octanol–water partition coefficient (Wildman–Crippen LogP) is 4.60. The van der Waals surface area contributed by atoms with Gasteiger partial charge in [-0.15, -0.1) is 0 Å². The molecule has 0 aliphatic rings. The molecule has 0 radical (unpaired) electrons. The molecule has 3 aromatic rings. The Morgan fingerprint density at radius 2 is 1.78 bits per heavy atom. The van der Waals surface area contributed by atoms with E-state index in [0.717, 1.165) is 15.9 Å². The second kappa shape index (κ2) is 7.15. The molecule has 5 heteroatoms. The van der Waals surface area contributed by atoms with Crippen molar-refractivity contribution in [1.82, 2.24) is 9.55 Å². The Labute approximate surface area is 147 Å². The van der Waals surface area contributed by atoms with Crippen molar-refractivity contribution >= 4 is 27.7 Å².